The first-order valence-electron chi connectivity index (χ1n) is 6.99. The molecule has 0 saturated carbocycles. The number of rotatable bonds is 2. The minimum absolute atomic E-state index is 0.00223. The van der Waals surface area contributed by atoms with Crippen LogP contribution >= 0.6 is 0 Å². The monoisotopic (exact) mass is 260 g/mol. The second kappa shape index (κ2) is 4.81. The molecule has 19 heavy (non-hydrogen) atoms. The lowest BCUT2D eigenvalue weighted by Crippen LogP contribution is -2.39. The van der Waals surface area contributed by atoms with Crippen molar-refractivity contribution in [3.8, 4) is 0 Å². The summed E-state index contributed by atoms with van der Waals surface area (Å²) in [7, 11) is 0. The van der Waals surface area contributed by atoms with Crippen LogP contribution in [0.3, 0.4) is 0 Å². The van der Waals surface area contributed by atoms with Gasteiger partial charge in [0.25, 0.3) is 0 Å². The molecular weight excluding hydrogens is 240 g/mol. The molecule has 1 saturated heterocycles. The van der Waals surface area contributed by atoms with Crippen LogP contribution in [0.15, 0.2) is 23.1 Å². The Morgan fingerprint density at radius 1 is 1.42 bits per heavy atom. The minimum atomic E-state index is 0.00223. The van der Waals surface area contributed by atoms with Gasteiger partial charge in [-0.3, -0.25) is 14.8 Å². The maximum atomic E-state index is 11.4. The second-order valence-corrected chi connectivity index (χ2v) is 5.54. The Bertz CT molecular complexity index is 628. The van der Waals surface area contributed by atoms with Gasteiger partial charge in [0.1, 0.15) is 5.82 Å². The summed E-state index contributed by atoms with van der Waals surface area (Å²) in [6.07, 6.45) is 5.37. The number of fused-ring (bicyclic) bond motifs is 1. The predicted octanol–water partition coefficient (Wildman–Crippen LogP) is 1.96. The second-order valence-electron chi connectivity index (χ2n) is 5.54. The van der Waals surface area contributed by atoms with Crippen LogP contribution < -0.4 is 5.43 Å². The molecule has 0 radical (unpaired) electrons. The van der Waals surface area contributed by atoms with Crippen LogP contribution in [0.4, 0.5) is 0 Å². The number of hydrogen-bond acceptors (Lipinski definition) is 3. The molecule has 5 heteroatoms. The highest BCUT2D eigenvalue weighted by atomic mass is 16.1. The van der Waals surface area contributed by atoms with Gasteiger partial charge in [-0.25, -0.2) is 9.50 Å². The van der Waals surface area contributed by atoms with Crippen molar-refractivity contribution in [1.82, 2.24) is 19.5 Å². The lowest BCUT2D eigenvalue weighted by Gasteiger charge is -2.37. The van der Waals surface area contributed by atoms with E-state index in [1.165, 1.54) is 12.8 Å². The number of likely N-dealkylation sites (tertiary alicyclic amines) is 1. The van der Waals surface area contributed by atoms with Gasteiger partial charge in [0.15, 0.2) is 11.1 Å². The molecular formula is C14H20N4O. The zero-order valence-electron chi connectivity index (χ0n) is 11.5. The zero-order chi connectivity index (χ0) is 13.4. The summed E-state index contributed by atoms with van der Waals surface area (Å²) in [5.41, 5.74) is 0.708. The maximum Gasteiger partial charge on any atom is 0.183 e. The number of aromatic nitrogens is 3. The van der Waals surface area contributed by atoms with Crippen LogP contribution in [-0.4, -0.2) is 32.1 Å². The van der Waals surface area contributed by atoms with Crippen molar-refractivity contribution in [3.63, 3.8) is 0 Å². The summed E-state index contributed by atoms with van der Waals surface area (Å²) in [5.74, 6) is 0.971. The van der Waals surface area contributed by atoms with Crippen molar-refractivity contribution in [3.05, 3.63) is 34.4 Å². The Balaban J connectivity index is 1.99. The van der Waals surface area contributed by atoms with E-state index in [4.69, 9.17) is 0 Å². The van der Waals surface area contributed by atoms with Gasteiger partial charge in [-0.05, 0) is 33.2 Å². The van der Waals surface area contributed by atoms with Crippen LogP contribution in [0.2, 0.25) is 0 Å². The summed E-state index contributed by atoms with van der Waals surface area (Å²) in [5, 5.41) is 3.30. The van der Waals surface area contributed by atoms with E-state index in [9.17, 15) is 4.79 Å². The van der Waals surface area contributed by atoms with Crippen LogP contribution in [0.25, 0.3) is 5.65 Å². The number of piperidine rings is 1. The Hall–Kier alpha value is -1.62. The Labute approximate surface area is 112 Å². The Kier molecular flexibility index (Phi) is 3.14. The van der Waals surface area contributed by atoms with Crippen LogP contribution in [0.1, 0.15) is 45.0 Å². The third kappa shape index (κ3) is 2.30. The van der Waals surface area contributed by atoms with Crippen molar-refractivity contribution in [2.45, 2.75) is 45.2 Å². The largest absolute Gasteiger partial charge is 0.291 e. The maximum absolute atomic E-state index is 11.4. The minimum Gasteiger partial charge on any atom is -0.291 e. The number of hydrogen-bond donors (Lipinski definition) is 1. The van der Waals surface area contributed by atoms with Gasteiger partial charge in [0, 0.05) is 24.4 Å². The molecule has 1 atom stereocenters. The molecule has 3 rings (SSSR count). The normalized spacial score (nSPS) is 21.3. The molecule has 0 aromatic carbocycles. The fourth-order valence-corrected chi connectivity index (χ4v) is 2.94. The third-order valence-corrected chi connectivity index (χ3v) is 3.90. The smallest absolute Gasteiger partial charge is 0.183 e. The average Bonchev–Trinajstić information content (AvgIpc) is 2.81. The first kappa shape index (κ1) is 12.4. The van der Waals surface area contributed by atoms with E-state index in [0.717, 1.165) is 18.8 Å². The van der Waals surface area contributed by atoms with E-state index >= 15 is 0 Å². The highest BCUT2D eigenvalue weighted by Crippen LogP contribution is 2.30. The first-order chi connectivity index (χ1) is 9.15. The molecule has 1 aliphatic rings. The number of nitrogens with zero attached hydrogens (tertiary/aromatic N) is 3. The van der Waals surface area contributed by atoms with Crippen LogP contribution in [0.5, 0.6) is 0 Å². The Morgan fingerprint density at radius 3 is 3.05 bits per heavy atom. The summed E-state index contributed by atoms with van der Waals surface area (Å²) in [4.78, 5) is 18.4. The van der Waals surface area contributed by atoms with E-state index in [2.05, 4.69) is 28.8 Å². The van der Waals surface area contributed by atoms with E-state index in [1.807, 2.05) is 4.52 Å². The highest BCUT2D eigenvalue weighted by Gasteiger charge is 2.28. The number of aromatic amines is 1. The fraction of sp³-hybridized carbons (Fsp3) is 0.571. The average molecular weight is 260 g/mol. The van der Waals surface area contributed by atoms with Gasteiger partial charge in [-0.1, -0.05) is 6.42 Å². The molecule has 5 nitrogen and oxygen atoms in total. The van der Waals surface area contributed by atoms with Crippen molar-refractivity contribution in [2.75, 3.05) is 6.54 Å². The third-order valence-electron chi connectivity index (χ3n) is 3.90. The topological polar surface area (TPSA) is 53.4 Å². The highest BCUT2D eigenvalue weighted by molar-refractivity contribution is 5.36. The fourth-order valence-electron chi connectivity index (χ4n) is 2.94. The Morgan fingerprint density at radius 2 is 2.26 bits per heavy atom. The predicted molar refractivity (Wildman–Crippen MR) is 74.2 cm³/mol. The molecule has 0 spiro atoms. The molecule has 102 valence electrons. The lowest BCUT2D eigenvalue weighted by molar-refractivity contribution is 0.106. The van der Waals surface area contributed by atoms with Crippen molar-refractivity contribution in [1.29, 1.82) is 0 Å². The molecule has 1 unspecified atom stereocenters. The molecule has 0 bridgehead atoms. The first-order valence-corrected chi connectivity index (χ1v) is 6.99. The van der Waals surface area contributed by atoms with E-state index in [-0.39, 0.29) is 5.43 Å². The molecule has 3 heterocycles. The van der Waals surface area contributed by atoms with Gasteiger partial charge in [-0.2, -0.15) is 0 Å². The number of H-pyrrole nitrogens is 1. The molecule has 2 aromatic heterocycles. The summed E-state index contributed by atoms with van der Waals surface area (Å²) in [6, 6.07) is 3.97. The molecule has 0 amide bonds. The van der Waals surface area contributed by atoms with E-state index < -0.39 is 0 Å². The lowest BCUT2D eigenvalue weighted by atomic mass is 10.00. The number of nitrogens with one attached hydrogen (secondary N) is 1. The standard InChI is InChI=1S/C14H20N4O/c1-10(2)17-7-4-3-5-12(17)14-15-13-9-11(19)6-8-18(13)16-14/h6,8-10,12H,3-5,7H2,1-2H3,(H,15,16). The van der Waals surface area contributed by atoms with E-state index in [0.29, 0.717) is 17.7 Å². The van der Waals surface area contributed by atoms with Crippen LogP contribution in [-0.2, 0) is 0 Å². The van der Waals surface area contributed by atoms with Gasteiger partial charge in [0.05, 0.1) is 6.04 Å². The van der Waals surface area contributed by atoms with Crippen LogP contribution in [0, 0.1) is 0 Å². The SMILES string of the molecule is CC(C)N1CCCCC1c1nc2cc(=O)ccn2[nH]1. The van der Waals surface area contributed by atoms with Crippen molar-refractivity contribution >= 4 is 5.65 Å². The summed E-state index contributed by atoms with van der Waals surface area (Å²) < 4.78 is 1.82. The quantitative estimate of drug-likeness (QED) is 0.898. The zero-order valence-corrected chi connectivity index (χ0v) is 11.5. The van der Waals surface area contributed by atoms with Gasteiger partial charge in [0.2, 0.25) is 0 Å². The molecule has 1 N–H and O–H groups in total. The van der Waals surface area contributed by atoms with Gasteiger partial charge < -0.3 is 0 Å². The van der Waals surface area contributed by atoms with Gasteiger partial charge >= 0.3 is 0 Å². The number of pyridine rings is 1. The van der Waals surface area contributed by atoms with Gasteiger partial charge in [-0.15, -0.1) is 0 Å². The van der Waals surface area contributed by atoms with E-state index in [1.54, 1.807) is 18.3 Å². The molecule has 1 aliphatic heterocycles. The summed E-state index contributed by atoms with van der Waals surface area (Å²) >= 11 is 0. The van der Waals surface area contributed by atoms with Crippen molar-refractivity contribution in [2.24, 2.45) is 0 Å². The molecule has 1 fully saturated rings. The molecule has 0 aliphatic carbocycles. The van der Waals surface area contributed by atoms with Crippen molar-refractivity contribution < 1.29 is 0 Å². The molecule has 2 aromatic rings. The summed E-state index contributed by atoms with van der Waals surface area (Å²) in [6.45, 7) is 5.57.